The number of benzene rings is 2. The smallest absolute Gasteiger partial charge is 0.305 e. The summed E-state index contributed by atoms with van der Waals surface area (Å²) < 4.78 is 26.8. The summed E-state index contributed by atoms with van der Waals surface area (Å²) in [5, 5.41) is 10.5. The minimum Gasteiger partial charge on any atom is -0.493 e. The summed E-state index contributed by atoms with van der Waals surface area (Å²) in [6.45, 7) is 3.52. The van der Waals surface area contributed by atoms with Gasteiger partial charge in [0.15, 0.2) is 23.0 Å². The van der Waals surface area contributed by atoms with Gasteiger partial charge in [-0.2, -0.15) is 0 Å². The highest BCUT2D eigenvalue weighted by molar-refractivity contribution is 5.69. The van der Waals surface area contributed by atoms with Gasteiger partial charge >= 0.3 is 5.97 Å². The monoisotopic (exact) mass is 445 g/mol. The highest BCUT2D eigenvalue weighted by atomic mass is 16.7. The number of carbonyl (C=O) groups excluding carboxylic acids is 1. The number of nitrogens with zero attached hydrogens (tertiary/aromatic N) is 1. The van der Waals surface area contributed by atoms with Crippen molar-refractivity contribution in [1.29, 1.82) is 0 Å². The Bertz CT molecular complexity index is 902. The number of aliphatic hydroxyl groups excluding tert-OH is 1. The first-order valence-electron chi connectivity index (χ1n) is 10.7. The van der Waals surface area contributed by atoms with Crippen molar-refractivity contribution in [1.82, 2.24) is 4.90 Å². The highest BCUT2D eigenvalue weighted by Crippen LogP contribution is 2.33. The van der Waals surface area contributed by atoms with E-state index in [1.807, 2.05) is 43.3 Å². The zero-order valence-electron chi connectivity index (χ0n) is 18.8. The van der Waals surface area contributed by atoms with Crippen LogP contribution < -0.4 is 18.9 Å². The van der Waals surface area contributed by atoms with Crippen LogP contribution in [0, 0.1) is 0 Å². The van der Waals surface area contributed by atoms with Gasteiger partial charge in [0.1, 0.15) is 12.7 Å². The van der Waals surface area contributed by atoms with E-state index in [0.717, 1.165) is 16.9 Å². The van der Waals surface area contributed by atoms with Gasteiger partial charge in [0.2, 0.25) is 6.79 Å². The van der Waals surface area contributed by atoms with Crippen LogP contribution in [0.4, 0.5) is 0 Å². The molecule has 0 spiro atoms. The van der Waals surface area contributed by atoms with Gasteiger partial charge in [-0.05, 0) is 41.8 Å². The fourth-order valence-electron chi connectivity index (χ4n) is 3.54. The van der Waals surface area contributed by atoms with Crippen LogP contribution in [0.3, 0.4) is 0 Å². The molecule has 1 heterocycles. The van der Waals surface area contributed by atoms with Crippen molar-refractivity contribution in [2.24, 2.45) is 0 Å². The second kappa shape index (κ2) is 11.6. The molecule has 174 valence electrons. The molecule has 1 N–H and O–H groups in total. The average molecular weight is 446 g/mol. The predicted octanol–water partition coefficient (Wildman–Crippen LogP) is 3.14. The van der Waals surface area contributed by atoms with E-state index >= 15 is 0 Å². The zero-order chi connectivity index (χ0) is 22.9. The molecule has 1 aliphatic heterocycles. The lowest BCUT2D eigenvalue weighted by molar-refractivity contribution is -0.147. The molecule has 1 aliphatic rings. The summed E-state index contributed by atoms with van der Waals surface area (Å²) in [5.41, 5.74) is 2.02. The molecule has 8 heteroatoms. The molecule has 1 unspecified atom stereocenters. The van der Waals surface area contributed by atoms with Crippen molar-refractivity contribution in [3.05, 3.63) is 47.5 Å². The Balaban J connectivity index is 1.72. The number of aliphatic hydroxyl groups is 1. The molecule has 8 nitrogen and oxygen atoms in total. The SMILES string of the molecule is CCCC(=O)OCC(O)CN(Cc1ccc(OC)c(OC)c1)Cc1ccc2c(c1)OCO2. The average Bonchev–Trinajstić information content (AvgIpc) is 3.25. The number of rotatable bonds is 12. The normalized spacial score (nSPS) is 13.2. The Hall–Kier alpha value is -2.97. The summed E-state index contributed by atoms with van der Waals surface area (Å²) in [7, 11) is 3.19. The number of carbonyl (C=O) groups is 1. The van der Waals surface area contributed by atoms with Gasteiger partial charge in [0.25, 0.3) is 0 Å². The maximum absolute atomic E-state index is 11.7. The molecule has 0 amide bonds. The van der Waals surface area contributed by atoms with Gasteiger partial charge in [-0.15, -0.1) is 0 Å². The topological polar surface area (TPSA) is 86.7 Å². The Morgan fingerprint density at radius 3 is 2.44 bits per heavy atom. The van der Waals surface area contributed by atoms with E-state index in [-0.39, 0.29) is 19.4 Å². The van der Waals surface area contributed by atoms with Crippen molar-refractivity contribution >= 4 is 5.97 Å². The first-order valence-corrected chi connectivity index (χ1v) is 10.7. The van der Waals surface area contributed by atoms with Crippen molar-refractivity contribution in [3.8, 4) is 23.0 Å². The quantitative estimate of drug-likeness (QED) is 0.499. The fraction of sp³-hybridized carbons (Fsp3) is 0.458. The Morgan fingerprint density at radius 2 is 1.72 bits per heavy atom. The molecule has 0 radical (unpaired) electrons. The summed E-state index contributed by atoms with van der Waals surface area (Å²) in [5.74, 6) is 2.43. The number of methoxy groups -OCH3 is 2. The van der Waals surface area contributed by atoms with Crippen LogP contribution in [0.2, 0.25) is 0 Å². The van der Waals surface area contributed by atoms with Crippen LogP contribution >= 0.6 is 0 Å². The molecule has 3 rings (SSSR count). The van der Waals surface area contributed by atoms with Crippen molar-refractivity contribution in [3.63, 3.8) is 0 Å². The standard InChI is InChI=1S/C24H31NO7/c1-4-5-24(27)30-15-19(26)14-25(12-17-6-8-20(28-2)22(10-17)29-3)13-18-7-9-21-23(11-18)32-16-31-21/h6-11,19,26H,4-5,12-16H2,1-3H3. The lowest BCUT2D eigenvalue weighted by atomic mass is 10.1. The van der Waals surface area contributed by atoms with Crippen molar-refractivity contribution < 1.29 is 33.6 Å². The van der Waals surface area contributed by atoms with Crippen LogP contribution in [-0.2, 0) is 22.6 Å². The van der Waals surface area contributed by atoms with Crippen LogP contribution in [0.15, 0.2) is 36.4 Å². The second-order valence-electron chi connectivity index (χ2n) is 7.63. The van der Waals surface area contributed by atoms with Crippen molar-refractivity contribution in [2.45, 2.75) is 39.0 Å². The van der Waals surface area contributed by atoms with E-state index in [2.05, 4.69) is 4.90 Å². The number of esters is 1. The third-order valence-corrected chi connectivity index (χ3v) is 5.06. The highest BCUT2D eigenvalue weighted by Gasteiger charge is 2.18. The van der Waals surface area contributed by atoms with Crippen LogP contribution in [-0.4, -0.2) is 56.2 Å². The van der Waals surface area contributed by atoms with Crippen LogP contribution in [0.5, 0.6) is 23.0 Å². The maximum Gasteiger partial charge on any atom is 0.305 e. The van der Waals surface area contributed by atoms with Gasteiger partial charge in [-0.25, -0.2) is 0 Å². The minimum absolute atomic E-state index is 0.0393. The van der Waals surface area contributed by atoms with E-state index in [0.29, 0.717) is 49.7 Å². The molecule has 0 aromatic heterocycles. The largest absolute Gasteiger partial charge is 0.493 e. The number of hydrogen-bond donors (Lipinski definition) is 1. The van der Waals surface area contributed by atoms with E-state index < -0.39 is 6.10 Å². The van der Waals surface area contributed by atoms with E-state index in [1.54, 1.807) is 14.2 Å². The van der Waals surface area contributed by atoms with Crippen LogP contribution in [0.25, 0.3) is 0 Å². The number of fused-ring (bicyclic) bond motifs is 1. The summed E-state index contributed by atoms with van der Waals surface area (Å²) in [6.07, 6.45) is 0.244. The first-order chi connectivity index (χ1) is 15.5. The molecule has 2 aromatic rings. The molecular formula is C24H31NO7. The van der Waals surface area contributed by atoms with E-state index in [4.69, 9.17) is 23.7 Å². The summed E-state index contributed by atoms with van der Waals surface area (Å²) >= 11 is 0. The van der Waals surface area contributed by atoms with E-state index in [1.165, 1.54) is 0 Å². The minimum atomic E-state index is -0.815. The molecule has 0 fully saturated rings. The molecule has 32 heavy (non-hydrogen) atoms. The maximum atomic E-state index is 11.7. The number of hydrogen-bond acceptors (Lipinski definition) is 8. The lowest BCUT2D eigenvalue weighted by Gasteiger charge is -2.25. The van der Waals surface area contributed by atoms with Gasteiger partial charge < -0.3 is 28.8 Å². The fourth-order valence-corrected chi connectivity index (χ4v) is 3.54. The predicted molar refractivity (Wildman–Crippen MR) is 118 cm³/mol. The summed E-state index contributed by atoms with van der Waals surface area (Å²) in [6, 6.07) is 11.5. The van der Waals surface area contributed by atoms with Gasteiger partial charge in [0, 0.05) is 26.1 Å². The third-order valence-electron chi connectivity index (χ3n) is 5.06. The van der Waals surface area contributed by atoms with Crippen molar-refractivity contribution in [2.75, 3.05) is 34.2 Å². The Labute approximate surface area is 188 Å². The van der Waals surface area contributed by atoms with E-state index in [9.17, 15) is 9.90 Å². The summed E-state index contributed by atoms with van der Waals surface area (Å²) in [4.78, 5) is 13.7. The van der Waals surface area contributed by atoms with Crippen LogP contribution in [0.1, 0.15) is 30.9 Å². The van der Waals surface area contributed by atoms with Gasteiger partial charge in [-0.1, -0.05) is 19.1 Å². The first kappa shape index (κ1) is 23.7. The number of ether oxygens (including phenoxy) is 5. The molecule has 0 saturated heterocycles. The molecular weight excluding hydrogens is 414 g/mol. The molecule has 1 atom stereocenters. The van der Waals surface area contributed by atoms with Gasteiger partial charge in [-0.3, -0.25) is 9.69 Å². The Kier molecular flexibility index (Phi) is 8.58. The lowest BCUT2D eigenvalue weighted by Crippen LogP contribution is -2.34. The van der Waals surface area contributed by atoms with Gasteiger partial charge in [0.05, 0.1) is 14.2 Å². The molecule has 0 aliphatic carbocycles. The second-order valence-corrected chi connectivity index (χ2v) is 7.63. The zero-order valence-corrected chi connectivity index (χ0v) is 18.8. The molecule has 0 bridgehead atoms. The molecule has 2 aromatic carbocycles. The third kappa shape index (κ3) is 6.51. The Morgan fingerprint density at radius 1 is 1.03 bits per heavy atom. The molecule has 0 saturated carbocycles.